The molecule has 2 aromatic carbocycles. The standard InChI is InChI=1S/C22H27ClF3N3O/c1-21(2,14-29(3)4)13-27-19(15-8-6-5-7-9-15)20(30)28-18-11-10-16(23)12-17(18)22(24,25)26/h5-12,19,27H,13-14H2,1-4H3,(H,28,30)/p+2/t19-/m0/s1. The molecule has 0 unspecified atom stereocenters. The molecule has 4 nitrogen and oxygen atoms in total. The molecule has 2 aromatic rings. The minimum atomic E-state index is -4.63. The van der Waals surface area contributed by atoms with Crippen molar-refractivity contribution in [2.75, 3.05) is 32.5 Å². The fourth-order valence-electron chi connectivity index (χ4n) is 3.59. The third-order valence-electron chi connectivity index (χ3n) is 4.72. The van der Waals surface area contributed by atoms with Gasteiger partial charge in [-0.3, -0.25) is 4.79 Å². The van der Waals surface area contributed by atoms with Crippen LogP contribution in [-0.4, -0.2) is 33.1 Å². The number of alkyl halides is 3. The smallest absolute Gasteiger partial charge is 0.339 e. The molecule has 30 heavy (non-hydrogen) atoms. The number of quaternary nitrogens is 2. The largest absolute Gasteiger partial charge is 0.418 e. The molecule has 8 heteroatoms. The lowest BCUT2D eigenvalue weighted by atomic mass is 9.92. The number of carbonyl (C=O) groups excluding carboxylic acids is 1. The SMILES string of the molecule is C[NH+](C)CC(C)(C)C[NH2+][C@H](C(=O)Nc1ccc(Cl)cc1C(F)(F)F)c1ccccc1. The summed E-state index contributed by atoms with van der Waals surface area (Å²) in [5.74, 6) is -0.512. The number of amides is 1. The highest BCUT2D eigenvalue weighted by atomic mass is 35.5. The summed E-state index contributed by atoms with van der Waals surface area (Å²) in [5, 5.41) is 4.31. The Hall–Kier alpha value is -2.09. The summed E-state index contributed by atoms with van der Waals surface area (Å²) in [6.45, 7) is 5.74. The third-order valence-corrected chi connectivity index (χ3v) is 4.96. The second kappa shape index (κ2) is 9.81. The fourth-order valence-corrected chi connectivity index (χ4v) is 3.76. The molecule has 0 saturated carbocycles. The minimum Gasteiger partial charge on any atom is -0.339 e. The molecule has 1 atom stereocenters. The van der Waals surface area contributed by atoms with E-state index in [1.807, 2.05) is 23.5 Å². The van der Waals surface area contributed by atoms with Gasteiger partial charge in [0.15, 0.2) is 6.04 Å². The number of halogens is 4. The topological polar surface area (TPSA) is 50.2 Å². The monoisotopic (exact) mass is 443 g/mol. The molecular formula is C22H29ClF3N3O+2. The Bertz CT molecular complexity index is 854. The lowest BCUT2D eigenvalue weighted by Gasteiger charge is -2.26. The summed E-state index contributed by atoms with van der Waals surface area (Å²) in [6.07, 6.45) is -4.63. The zero-order valence-corrected chi connectivity index (χ0v) is 18.4. The van der Waals surface area contributed by atoms with Crippen LogP contribution in [0.2, 0.25) is 5.02 Å². The maximum absolute atomic E-state index is 13.4. The second-order valence-electron chi connectivity index (χ2n) is 8.55. The Morgan fingerprint density at radius 3 is 2.33 bits per heavy atom. The van der Waals surface area contributed by atoms with Gasteiger partial charge in [-0.15, -0.1) is 0 Å². The number of anilines is 1. The van der Waals surface area contributed by atoms with Gasteiger partial charge in [0.25, 0.3) is 5.91 Å². The molecule has 0 saturated heterocycles. The first-order valence-electron chi connectivity index (χ1n) is 9.74. The predicted molar refractivity (Wildman–Crippen MR) is 113 cm³/mol. The van der Waals surface area contributed by atoms with Crippen molar-refractivity contribution in [3.8, 4) is 0 Å². The molecular weight excluding hydrogens is 415 g/mol. The van der Waals surface area contributed by atoms with E-state index < -0.39 is 23.7 Å². The Kier molecular flexibility index (Phi) is 7.91. The quantitative estimate of drug-likeness (QED) is 0.577. The van der Waals surface area contributed by atoms with E-state index in [0.29, 0.717) is 6.54 Å². The predicted octanol–water partition coefficient (Wildman–Crippen LogP) is 2.77. The Balaban J connectivity index is 2.29. The van der Waals surface area contributed by atoms with Gasteiger partial charge in [-0.2, -0.15) is 13.2 Å². The highest BCUT2D eigenvalue weighted by Gasteiger charge is 2.36. The molecule has 0 spiro atoms. The minimum absolute atomic E-state index is 0.0422. The van der Waals surface area contributed by atoms with Crippen molar-refractivity contribution in [2.45, 2.75) is 26.1 Å². The summed E-state index contributed by atoms with van der Waals surface area (Å²) >= 11 is 5.74. The molecule has 2 rings (SSSR count). The maximum Gasteiger partial charge on any atom is 0.418 e. The first-order valence-corrected chi connectivity index (χ1v) is 10.1. The zero-order valence-electron chi connectivity index (χ0n) is 17.6. The zero-order chi connectivity index (χ0) is 22.5. The summed E-state index contributed by atoms with van der Waals surface area (Å²) in [7, 11) is 4.12. The lowest BCUT2D eigenvalue weighted by molar-refractivity contribution is -0.869. The number of hydrogen-bond acceptors (Lipinski definition) is 1. The van der Waals surface area contributed by atoms with Crippen molar-refractivity contribution in [3.63, 3.8) is 0 Å². The summed E-state index contributed by atoms with van der Waals surface area (Å²) in [4.78, 5) is 14.4. The van der Waals surface area contributed by atoms with Gasteiger partial charge in [0, 0.05) is 10.6 Å². The van der Waals surface area contributed by atoms with Gasteiger partial charge in [0.05, 0.1) is 43.9 Å². The van der Waals surface area contributed by atoms with Crippen LogP contribution in [0.15, 0.2) is 48.5 Å². The van der Waals surface area contributed by atoms with E-state index in [0.717, 1.165) is 18.2 Å². The normalized spacial score (nSPS) is 13.4. The maximum atomic E-state index is 13.4. The van der Waals surface area contributed by atoms with Crippen molar-refractivity contribution in [1.82, 2.24) is 0 Å². The van der Waals surface area contributed by atoms with Gasteiger partial charge >= 0.3 is 6.18 Å². The Morgan fingerprint density at radius 2 is 1.77 bits per heavy atom. The number of carbonyl (C=O) groups is 1. The van der Waals surface area contributed by atoms with Gasteiger partial charge in [-0.1, -0.05) is 41.9 Å². The molecule has 4 N–H and O–H groups in total. The molecule has 0 radical (unpaired) electrons. The van der Waals surface area contributed by atoms with Crippen molar-refractivity contribution < 1.29 is 28.2 Å². The van der Waals surface area contributed by atoms with Crippen LogP contribution < -0.4 is 15.5 Å². The van der Waals surface area contributed by atoms with Gasteiger partial charge < -0.3 is 15.5 Å². The molecule has 164 valence electrons. The highest BCUT2D eigenvalue weighted by molar-refractivity contribution is 6.30. The number of hydrogen-bond donors (Lipinski definition) is 3. The average molecular weight is 444 g/mol. The van der Waals surface area contributed by atoms with Gasteiger partial charge in [-0.25, -0.2) is 0 Å². The summed E-state index contributed by atoms with van der Waals surface area (Å²) in [6, 6.07) is 11.7. The van der Waals surface area contributed by atoms with E-state index in [4.69, 9.17) is 11.6 Å². The van der Waals surface area contributed by atoms with Crippen LogP contribution in [0.1, 0.15) is 31.0 Å². The van der Waals surface area contributed by atoms with Crippen LogP contribution in [0.5, 0.6) is 0 Å². The van der Waals surface area contributed by atoms with Gasteiger partial charge in [0.1, 0.15) is 0 Å². The van der Waals surface area contributed by atoms with Crippen LogP contribution >= 0.6 is 11.6 Å². The fraction of sp³-hybridized carbons (Fsp3) is 0.409. The first-order chi connectivity index (χ1) is 13.9. The second-order valence-corrected chi connectivity index (χ2v) is 8.99. The molecule has 0 heterocycles. The van der Waals surface area contributed by atoms with Crippen LogP contribution in [0.3, 0.4) is 0 Å². The molecule has 0 aliphatic carbocycles. The van der Waals surface area contributed by atoms with Gasteiger partial charge in [0.2, 0.25) is 0 Å². The molecule has 1 amide bonds. The van der Waals surface area contributed by atoms with Gasteiger partial charge in [-0.05, 0) is 32.0 Å². The molecule has 0 aromatic heterocycles. The van der Waals surface area contributed by atoms with Crippen molar-refractivity contribution in [1.29, 1.82) is 0 Å². The summed E-state index contributed by atoms with van der Waals surface area (Å²) < 4.78 is 40.2. The Labute approximate surface area is 180 Å². The van der Waals surface area contributed by atoms with E-state index in [1.165, 1.54) is 17.0 Å². The number of rotatable bonds is 8. The lowest BCUT2D eigenvalue weighted by Crippen LogP contribution is -3.08. The van der Waals surface area contributed by atoms with E-state index in [9.17, 15) is 18.0 Å². The van der Waals surface area contributed by atoms with Crippen molar-refractivity contribution >= 4 is 23.2 Å². The number of benzene rings is 2. The first kappa shape index (κ1) is 24.2. The van der Waals surface area contributed by atoms with E-state index in [1.54, 1.807) is 12.1 Å². The van der Waals surface area contributed by atoms with E-state index in [2.05, 4.69) is 33.3 Å². The third kappa shape index (κ3) is 7.00. The Morgan fingerprint density at radius 1 is 1.13 bits per heavy atom. The molecule has 0 aliphatic rings. The number of nitrogens with one attached hydrogen (secondary N) is 2. The molecule has 0 bridgehead atoms. The highest BCUT2D eigenvalue weighted by Crippen LogP contribution is 2.36. The number of nitrogens with two attached hydrogens (primary N) is 1. The van der Waals surface area contributed by atoms with Crippen molar-refractivity contribution in [2.24, 2.45) is 5.41 Å². The average Bonchev–Trinajstić information content (AvgIpc) is 2.62. The van der Waals surface area contributed by atoms with Crippen LogP contribution in [-0.2, 0) is 11.0 Å². The van der Waals surface area contributed by atoms with Crippen LogP contribution in [0.4, 0.5) is 18.9 Å². The summed E-state index contributed by atoms with van der Waals surface area (Å²) in [5.41, 5.74) is -0.607. The van der Waals surface area contributed by atoms with Crippen LogP contribution in [0.25, 0.3) is 0 Å². The molecule has 0 aliphatic heterocycles. The van der Waals surface area contributed by atoms with Crippen LogP contribution in [0, 0.1) is 5.41 Å². The molecule has 0 fully saturated rings. The van der Waals surface area contributed by atoms with E-state index in [-0.39, 0.29) is 16.1 Å². The van der Waals surface area contributed by atoms with Crippen molar-refractivity contribution in [3.05, 3.63) is 64.7 Å². The van der Waals surface area contributed by atoms with E-state index >= 15 is 0 Å².